The number of aliphatic hydroxyl groups is 1. The molecule has 4 atom stereocenters. The smallest absolute Gasteiger partial charge is 0.271 e. The lowest BCUT2D eigenvalue weighted by Gasteiger charge is -2.35. The van der Waals surface area contributed by atoms with Crippen LogP contribution in [0.3, 0.4) is 0 Å². The number of alkyl halides is 2. The fraction of sp³-hybridized carbons (Fsp3) is 0.440. The third-order valence-electron chi connectivity index (χ3n) is 6.65. The van der Waals surface area contributed by atoms with Crippen LogP contribution in [0.25, 0.3) is 11.0 Å². The largest absolute Gasteiger partial charge is 0.391 e. The van der Waals surface area contributed by atoms with Crippen LogP contribution < -0.4 is 10.8 Å². The lowest BCUT2D eigenvalue weighted by atomic mass is 9.75. The van der Waals surface area contributed by atoms with Gasteiger partial charge in [-0.25, -0.2) is 19.2 Å². The normalized spacial score (nSPS) is 19.8. The molecular formula is C25H28F2N4O4S. The van der Waals surface area contributed by atoms with Crippen LogP contribution in [0.4, 0.5) is 8.78 Å². The van der Waals surface area contributed by atoms with Crippen LogP contribution in [0.5, 0.6) is 0 Å². The number of para-hydroxylation sites is 2. The molecule has 8 nitrogen and oxygen atoms in total. The van der Waals surface area contributed by atoms with Crippen molar-refractivity contribution in [1.29, 1.82) is 0 Å². The fourth-order valence-electron chi connectivity index (χ4n) is 4.81. The Morgan fingerprint density at radius 1 is 1.19 bits per heavy atom. The van der Waals surface area contributed by atoms with E-state index >= 15 is 0 Å². The van der Waals surface area contributed by atoms with E-state index in [9.17, 15) is 28.7 Å². The van der Waals surface area contributed by atoms with Gasteiger partial charge in [0.15, 0.2) is 0 Å². The van der Waals surface area contributed by atoms with Gasteiger partial charge in [0.05, 0.1) is 29.4 Å². The van der Waals surface area contributed by atoms with Gasteiger partial charge in [-0.15, -0.1) is 11.3 Å². The Morgan fingerprint density at radius 3 is 2.67 bits per heavy atom. The van der Waals surface area contributed by atoms with Crippen LogP contribution in [0.1, 0.15) is 47.5 Å². The summed E-state index contributed by atoms with van der Waals surface area (Å²) in [6.45, 7) is 0. The Balaban J connectivity index is 1.54. The van der Waals surface area contributed by atoms with Crippen molar-refractivity contribution in [1.82, 2.24) is 20.8 Å². The third kappa shape index (κ3) is 6.40. The molecule has 1 aromatic carbocycles. The van der Waals surface area contributed by atoms with Gasteiger partial charge in [0.2, 0.25) is 11.8 Å². The Morgan fingerprint density at radius 2 is 1.97 bits per heavy atom. The number of nitrogens with zero attached hydrogens (tertiary/aromatic N) is 2. The van der Waals surface area contributed by atoms with Crippen molar-refractivity contribution in [3.63, 3.8) is 0 Å². The number of fused-ring (bicyclic) bond motifs is 1. The first-order valence-corrected chi connectivity index (χ1v) is 12.7. The standard InChI is InChI=1S/C25H28F2N4O4S/c26-25(27)9-3-5-15(13-25)17(23(33)31-35)12-22(32)20(11-16-6-4-10-36-16)30-24(34)21-14-28-18-7-1-2-8-19(18)29-21/h1-2,4,6-8,10,14-15,17,20,22,32,35H,3,5,9,11-13H2,(H,30,34)(H,31,33). The number of benzene rings is 1. The second-order valence-electron chi connectivity index (χ2n) is 9.21. The summed E-state index contributed by atoms with van der Waals surface area (Å²) < 4.78 is 28.2. The molecular weight excluding hydrogens is 490 g/mol. The summed E-state index contributed by atoms with van der Waals surface area (Å²) in [6.07, 6.45) is 0.0526. The first-order chi connectivity index (χ1) is 17.3. The number of thiophene rings is 1. The number of hydrogen-bond acceptors (Lipinski definition) is 7. The molecule has 2 aromatic heterocycles. The van der Waals surface area contributed by atoms with E-state index in [2.05, 4.69) is 15.3 Å². The molecule has 2 amide bonds. The Labute approximate surface area is 210 Å². The SMILES string of the molecule is O=C(NC(Cc1cccs1)C(O)CC(C(=O)NO)C1CCCC(F)(F)C1)c1cnc2ccccc2n1. The van der Waals surface area contributed by atoms with E-state index in [1.807, 2.05) is 23.6 Å². The number of aliphatic hydroxyl groups excluding tert-OH is 1. The van der Waals surface area contributed by atoms with E-state index in [0.29, 0.717) is 17.5 Å². The van der Waals surface area contributed by atoms with Crippen molar-refractivity contribution >= 4 is 34.2 Å². The number of rotatable bonds is 9. The van der Waals surface area contributed by atoms with Gasteiger partial charge in [-0.2, -0.15) is 0 Å². The highest BCUT2D eigenvalue weighted by molar-refractivity contribution is 7.09. The molecule has 36 heavy (non-hydrogen) atoms. The zero-order chi connectivity index (χ0) is 25.7. The molecule has 0 saturated heterocycles. The number of amides is 2. The lowest BCUT2D eigenvalue weighted by molar-refractivity contribution is -0.140. The Kier molecular flexibility index (Phi) is 8.22. The summed E-state index contributed by atoms with van der Waals surface area (Å²) in [7, 11) is 0. The summed E-state index contributed by atoms with van der Waals surface area (Å²) >= 11 is 1.44. The van der Waals surface area contributed by atoms with Crippen LogP contribution in [0, 0.1) is 11.8 Å². The average Bonchev–Trinajstić information content (AvgIpc) is 3.38. The number of carbonyl (C=O) groups excluding carboxylic acids is 2. The van der Waals surface area contributed by atoms with E-state index in [1.165, 1.54) is 17.5 Å². The van der Waals surface area contributed by atoms with E-state index < -0.39 is 48.1 Å². The third-order valence-corrected chi connectivity index (χ3v) is 7.55. The molecule has 0 bridgehead atoms. The maximum absolute atomic E-state index is 14.1. The number of nitrogens with one attached hydrogen (secondary N) is 2. The predicted octanol–water partition coefficient (Wildman–Crippen LogP) is 3.73. The summed E-state index contributed by atoms with van der Waals surface area (Å²) in [5.41, 5.74) is 2.80. The van der Waals surface area contributed by atoms with E-state index in [0.717, 1.165) is 4.88 Å². The molecule has 1 saturated carbocycles. The second kappa shape index (κ2) is 11.4. The molecule has 4 N–H and O–H groups in total. The molecule has 4 rings (SSSR count). The van der Waals surface area contributed by atoms with Crippen molar-refractivity contribution in [2.75, 3.05) is 0 Å². The summed E-state index contributed by atoms with van der Waals surface area (Å²) in [6, 6.07) is 9.96. The van der Waals surface area contributed by atoms with Crippen LogP contribution in [0.15, 0.2) is 48.0 Å². The molecule has 2 heterocycles. The lowest BCUT2D eigenvalue weighted by Crippen LogP contribution is -2.48. The van der Waals surface area contributed by atoms with E-state index in [-0.39, 0.29) is 31.4 Å². The highest BCUT2D eigenvalue weighted by atomic mass is 32.1. The minimum absolute atomic E-state index is 0.0636. The number of hydrogen-bond donors (Lipinski definition) is 4. The van der Waals surface area contributed by atoms with E-state index in [1.54, 1.807) is 23.7 Å². The maximum Gasteiger partial charge on any atom is 0.271 e. The first kappa shape index (κ1) is 26.1. The average molecular weight is 519 g/mol. The topological polar surface area (TPSA) is 124 Å². The summed E-state index contributed by atoms with van der Waals surface area (Å²) in [5, 5.41) is 25.1. The molecule has 3 aromatic rings. The number of aromatic nitrogens is 2. The summed E-state index contributed by atoms with van der Waals surface area (Å²) in [4.78, 5) is 35.0. The molecule has 11 heteroatoms. The highest BCUT2D eigenvalue weighted by Gasteiger charge is 2.42. The Bertz CT molecular complexity index is 1190. The molecule has 0 aliphatic heterocycles. The van der Waals surface area contributed by atoms with Crippen molar-refractivity contribution in [2.45, 2.75) is 56.6 Å². The van der Waals surface area contributed by atoms with Gasteiger partial charge in [-0.3, -0.25) is 19.8 Å². The molecule has 1 aliphatic carbocycles. The van der Waals surface area contributed by atoms with Crippen LogP contribution >= 0.6 is 11.3 Å². The first-order valence-electron chi connectivity index (χ1n) is 11.8. The number of hydroxylamine groups is 1. The van der Waals surface area contributed by atoms with Crippen molar-refractivity contribution in [2.24, 2.45) is 11.8 Å². The Hall–Kier alpha value is -3.02. The van der Waals surface area contributed by atoms with Crippen molar-refractivity contribution in [3.8, 4) is 0 Å². The maximum atomic E-state index is 14.1. The predicted molar refractivity (Wildman–Crippen MR) is 130 cm³/mol. The molecule has 0 spiro atoms. The van der Waals surface area contributed by atoms with Crippen molar-refractivity contribution < 1.29 is 28.7 Å². The van der Waals surface area contributed by atoms with Crippen molar-refractivity contribution in [3.05, 3.63) is 58.5 Å². The fourth-order valence-corrected chi connectivity index (χ4v) is 5.58. The zero-order valence-electron chi connectivity index (χ0n) is 19.4. The molecule has 1 fully saturated rings. The van der Waals surface area contributed by atoms with Crippen LogP contribution in [-0.2, 0) is 11.2 Å². The number of carbonyl (C=O) groups is 2. The van der Waals surface area contributed by atoms with Gasteiger partial charge in [0.1, 0.15) is 5.69 Å². The molecule has 192 valence electrons. The minimum Gasteiger partial charge on any atom is -0.391 e. The zero-order valence-corrected chi connectivity index (χ0v) is 20.3. The van der Waals surface area contributed by atoms with Gasteiger partial charge in [-0.1, -0.05) is 18.2 Å². The van der Waals surface area contributed by atoms with Gasteiger partial charge in [0.25, 0.3) is 5.91 Å². The number of halogens is 2. The van der Waals surface area contributed by atoms with Gasteiger partial charge in [0, 0.05) is 30.1 Å². The summed E-state index contributed by atoms with van der Waals surface area (Å²) in [5.74, 6) is -6.03. The van der Waals surface area contributed by atoms with E-state index in [4.69, 9.17) is 0 Å². The monoisotopic (exact) mass is 518 g/mol. The molecule has 1 aliphatic rings. The quantitative estimate of drug-likeness (QED) is 0.253. The molecule has 0 radical (unpaired) electrons. The van der Waals surface area contributed by atoms with Crippen LogP contribution in [0.2, 0.25) is 0 Å². The highest BCUT2D eigenvalue weighted by Crippen LogP contribution is 2.41. The molecule has 4 unspecified atom stereocenters. The minimum atomic E-state index is -2.90. The van der Waals surface area contributed by atoms with Gasteiger partial charge < -0.3 is 10.4 Å². The van der Waals surface area contributed by atoms with Gasteiger partial charge in [-0.05, 0) is 48.8 Å². The van der Waals surface area contributed by atoms with Crippen LogP contribution in [-0.4, -0.2) is 50.2 Å². The van der Waals surface area contributed by atoms with Gasteiger partial charge >= 0.3 is 0 Å². The second-order valence-corrected chi connectivity index (χ2v) is 10.2.